The maximum Gasteiger partial charge on any atom is 0.307 e. The van der Waals surface area contributed by atoms with Gasteiger partial charge in [0.05, 0.1) is 17.9 Å². The molecule has 1 aromatic heterocycles. The SMILES string of the molecule is CC(NC(=O)C1C(C(=O)O)C1(C)C)c1nn[nH]n1. The summed E-state index contributed by atoms with van der Waals surface area (Å²) in [6.45, 7) is 5.26. The molecule has 0 bridgehead atoms. The largest absolute Gasteiger partial charge is 0.481 e. The van der Waals surface area contributed by atoms with Crippen LogP contribution >= 0.6 is 0 Å². The Morgan fingerprint density at radius 2 is 2.11 bits per heavy atom. The summed E-state index contributed by atoms with van der Waals surface area (Å²) in [6.07, 6.45) is 0. The second kappa shape index (κ2) is 4.04. The van der Waals surface area contributed by atoms with E-state index in [1.807, 2.05) is 0 Å². The van der Waals surface area contributed by atoms with Crippen LogP contribution in [0.5, 0.6) is 0 Å². The number of carboxylic acids is 1. The highest BCUT2D eigenvalue weighted by molar-refractivity contribution is 5.91. The third-order valence-electron chi connectivity index (χ3n) is 3.48. The van der Waals surface area contributed by atoms with Gasteiger partial charge in [0.2, 0.25) is 5.91 Å². The second-order valence-electron chi connectivity index (χ2n) is 5.12. The number of aromatic amines is 1. The molecule has 8 nitrogen and oxygen atoms in total. The van der Waals surface area contributed by atoms with Gasteiger partial charge in [-0.15, -0.1) is 10.2 Å². The van der Waals surface area contributed by atoms with Crippen LogP contribution in [0.15, 0.2) is 0 Å². The van der Waals surface area contributed by atoms with E-state index in [9.17, 15) is 9.59 Å². The zero-order chi connectivity index (χ0) is 13.5. The minimum Gasteiger partial charge on any atom is -0.481 e. The normalized spacial score (nSPS) is 26.4. The number of nitrogens with one attached hydrogen (secondary N) is 2. The summed E-state index contributed by atoms with van der Waals surface area (Å²) < 4.78 is 0. The lowest BCUT2D eigenvalue weighted by atomic mass is 10.1. The fourth-order valence-corrected chi connectivity index (χ4v) is 2.31. The van der Waals surface area contributed by atoms with E-state index < -0.39 is 29.3 Å². The Morgan fingerprint density at radius 3 is 2.56 bits per heavy atom. The molecule has 1 heterocycles. The van der Waals surface area contributed by atoms with Gasteiger partial charge in [-0.25, -0.2) is 0 Å². The highest BCUT2D eigenvalue weighted by Crippen LogP contribution is 2.58. The average Bonchev–Trinajstić information content (AvgIpc) is 2.67. The number of rotatable bonds is 4. The van der Waals surface area contributed by atoms with E-state index >= 15 is 0 Å². The minimum atomic E-state index is -0.938. The maximum absolute atomic E-state index is 12.0. The van der Waals surface area contributed by atoms with Crippen molar-refractivity contribution in [1.29, 1.82) is 0 Å². The Kier molecular flexibility index (Phi) is 2.80. The van der Waals surface area contributed by atoms with E-state index in [1.54, 1.807) is 20.8 Å². The predicted molar refractivity (Wildman–Crippen MR) is 59.1 cm³/mol. The topological polar surface area (TPSA) is 121 Å². The molecule has 0 radical (unpaired) electrons. The molecule has 3 atom stereocenters. The number of tetrazole rings is 1. The van der Waals surface area contributed by atoms with Gasteiger partial charge in [-0.3, -0.25) is 9.59 Å². The van der Waals surface area contributed by atoms with Gasteiger partial charge in [-0.1, -0.05) is 19.1 Å². The van der Waals surface area contributed by atoms with Crippen molar-refractivity contribution >= 4 is 11.9 Å². The molecule has 1 aromatic rings. The molecular formula is C10H15N5O3. The molecule has 3 unspecified atom stereocenters. The van der Waals surface area contributed by atoms with Crippen LogP contribution < -0.4 is 5.32 Å². The first-order valence-electron chi connectivity index (χ1n) is 5.62. The first-order chi connectivity index (χ1) is 8.35. The van der Waals surface area contributed by atoms with Crippen LogP contribution in [0.25, 0.3) is 0 Å². The first-order valence-corrected chi connectivity index (χ1v) is 5.62. The summed E-state index contributed by atoms with van der Waals surface area (Å²) in [5, 5.41) is 24.9. The van der Waals surface area contributed by atoms with Crippen LogP contribution in [0.3, 0.4) is 0 Å². The summed E-state index contributed by atoms with van der Waals surface area (Å²) >= 11 is 0. The fourth-order valence-electron chi connectivity index (χ4n) is 2.31. The number of carbonyl (C=O) groups is 2. The third-order valence-corrected chi connectivity index (χ3v) is 3.48. The monoisotopic (exact) mass is 253 g/mol. The molecule has 1 aliphatic carbocycles. The van der Waals surface area contributed by atoms with Gasteiger partial charge in [-0.05, 0) is 12.3 Å². The number of carbonyl (C=O) groups excluding carboxylic acids is 1. The molecular weight excluding hydrogens is 238 g/mol. The summed E-state index contributed by atoms with van der Waals surface area (Å²) in [6, 6.07) is -0.401. The minimum absolute atomic E-state index is 0.287. The Labute approximate surface area is 103 Å². The van der Waals surface area contributed by atoms with Gasteiger partial charge in [0, 0.05) is 0 Å². The summed E-state index contributed by atoms with van der Waals surface area (Å²) in [7, 11) is 0. The van der Waals surface area contributed by atoms with Gasteiger partial charge in [0.25, 0.3) is 0 Å². The molecule has 98 valence electrons. The Balaban J connectivity index is 2.00. The number of H-pyrrole nitrogens is 1. The highest BCUT2D eigenvalue weighted by atomic mass is 16.4. The van der Waals surface area contributed by atoms with Crippen molar-refractivity contribution in [3.8, 4) is 0 Å². The zero-order valence-corrected chi connectivity index (χ0v) is 10.3. The molecule has 0 saturated heterocycles. The molecule has 0 aromatic carbocycles. The second-order valence-corrected chi connectivity index (χ2v) is 5.12. The van der Waals surface area contributed by atoms with Gasteiger partial charge < -0.3 is 10.4 Å². The van der Waals surface area contributed by atoms with Gasteiger partial charge >= 0.3 is 5.97 Å². The average molecular weight is 253 g/mol. The lowest BCUT2D eigenvalue weighted by Crippen LogP contribution is -2.30. The number of carboxylic acid groups (broad SMARTS) is 1. The molecule has 1 fully saturated rings. The van der Waals surface area contributed by atoms with E-state index in [0.717, 1.165) is 0 Å². The van der Waals surface area contributed by atoms with Crippen LogP contribution in [0.4, 0.5) is 0 Å². The quantitative estimate of drug-likeness (QED) is 0.679. The first kappa shape index (κ1) is 12.5. The number of aliphatic carboxylic acids is 1. The lowest BCUT2D eigenvalue weighted by Gasteiger charge is -2.10. The van der Waals surface area contributed by atoms with Crippen LogP contribution in [-0.2, 0) is 9.59 Å². The predicted octanol–water partition coefficient (Wildman–Crippen LogP) is -0.266. The molecule has 0 aliphatic heterocycles. The Morgan fingerprint density at radius 1 is 1.44 bits per heavy atom. The molecule has 0 spiro atoms. The number of aromatic nitrogens is 4. The maximum atomic E-state index is 12.0. The molecule has 3 N–H and O–H groups in total. The van der Waals surface area contributed by atoms with Gasteiger partial charge in [0.15, 0.2) is 5.82 Å². The molecule has 1 amide bonds. The van der Waals surface area contributed by atoms with Gasteiger partial charge in [-0.2, -0.15) is 5.21 Å². The van der Waals surface area contributed by atoms with E-state index in [4.69, 9.17) is 5.11 Å². The highest BCUT2D eigenvalue weighted by Gasteiger charge is 2.65. The van der Waals surface area contributed by atoms with Crippen molar-refractivity contribution in [3.05, 3.63) is 5.82 Å². The van der Waals surface area contributed by atoms with Crippen molar-refractivity contribution in [2.45, 2.75) is 26.8 Å². The van der Waals surface area contributed by atoms with Crippen molar-refractivity contribution in [1.82, 2.24) is 25.9 Å². The zero-order valence-electron chi connectivity index (χ0n) is 10.3. The standard InChI is InChI=1S/C10H15N5O3/c1-4(7-12-14-15-13-7)11-8(16)5-6(9(17)18)10(5,2)3/h4-6H,1-3H3,(H,11,16)(H,17,18)(H,12,13,14,15). The van der Waals surface area contributed by atoms with Gasteiger partial charge in [0.1, 0.15) is 0 Å². The van der Waals surface area contributed by atoms with Crippen LogP contribution in [0.1, 0.15) is 32.6 Å². The van der Waals surface area contributed by atoms with Crippen LogP contribution in [0, 0.1) is 17.3 Å². The van der Waals surface area contributed by atoms with Crippen LogP contribution in [-0.4, -0.2) is 37.6 Å². The molecule has 8 heteroatoms. The summed E-state index contributed by atoms with van der Waals surface area (Å²) in [5.41, 5.74) is -0.507. The fraction of sp³-hybridized carbons (Fsp3) is 0.700. The summed E-state index contributed by atoms with van der Waals surface area (Å²) in [5.74, 6) is -2.00. The third kappa shape index (κ3) is 1.93. The number of hydrogen-bond donors (Lipinski definition) is 3. The number of hydrogen-bond acceptors (Lipinski definition) is 5. The summed E-state index contributed by atoms with van der Waals surface area (Å²) in [4.78, 5) is 23.0. The smallest absolute Gasteiger partial charge is 0.307 e. The molecule has 1 saturated carbocycles. The number of amides is 1. The van der Waals surface area contributed by atoms with Crippen molar-refractivity contribution in [3.63, 3.8) is 0 Å². The van der Waals surface area contributed by atoms with E-state index in [0.29, 0.717) is 5.82 Å². The molecule has 1 aliphatic rings. The Hall–Kier alpha value is -1.99. The number of nitrogens with zero attached hydrogens (tertiary/aromatic N) is 3. The van der Waals surface area contributed by atoms with Crippen molar-refractivity contribution in [2.24, 2.45) is 17.3 Å². The molecule has 18 heavy (non-hydrogen) atoms. The van der Waals surface area contributed by atoms with Crippen LogP contribution in [0.2, 0.25) is 0 Å². The Bertz CT molecular complexity index is 470. The van der Waals surface area contributed by atoms with Crippen molar-refractivity contribution in [2.75, 3.05) is 0 Å². The van der Waals surface area contributed by atoms with E-state index in [-0.39, 0.29) is 5.91 Å². The van der Waals surface area contributed by atoms with E-state index in [1.165, 1.54) is 0 Å². The molecule has 2 rings (SSSR count). The lowest BCUT2D eigenvalue weighted by molar-refractivity contribution is -0.140. The van der Waals surface area contributed by atoms with E-state index in [2.05, 4.69) is 25.9 Å². The van der Waals surface area contributed by atoms with Crippen molar-refractivity contribution < 1.29 is 14.7 Å².